The molecule has 1 atom stereocenters. The molecule has 4 heteroatoms. The summed E-state index contributed by atoms with van der Waals surface area (Å²) in [4.78, 5) is 2.25. The van der Waals surface area contributed by atoms with Gasteiger partial charge in [-0.05, 0) is 56.5 Å². The maximum atomic E-state index is 13.1. The second-order valence-electron chi connectivity index (χ2n) is 5.70. The molecule has 0 saturated heterocycles. The number of nitrogens with zero attached hydrogens (tertiary/aromatic N) is 1. The Kier molecular flexibility index (Phi) is 4.91. The minimum Gasteiger partial charge on any atom is -0.393 e. The van der Waals surface area contributed by atoms with Crippen molar-refractivity contribution >= 4 is 0 Å². The van der Waals surface area contributed by atoms with Crippen molar-refractivity contribution in [2.45, 2.75) is 31.4 Å². The lowest BCUT2D eigenvalue weighted by Gasteiger charge is -2.34. The Balaban J connectivity index is 1.72. The summed E-state index contributed by atoms with van der Waals surface area (Å²) in [6, 6.07) is 6.39. The third-order valence-corrected chi connectivity index (χ3v) is 3.88. The van der Waals surface area contributed by atoms with E-state index < -0.39 is 0 Å². The highest BCUT2D eigenvalue weighted by atomic mass is 19.1. The first-order valence-electron chi connectivity index (χ1n) is 6.92. The number of hydrogen-bond donors (Lipinski definition) is 2. The van der Waals surface area contributed by atoms with Crippen molar-refractivity contribution in [1.82, 2.24) is 4.90 Å². The van der Waals surface area contributed by atoms with E-state index in [1.807, 2.05) is 6.07 Å². The van der Waals surface area contributed by atoms with E-state index in [2.05, 4.69) is 11.9 Å². The third kappa shape index (κ3) is 4.27. The fourth-order valence-corrected chi connectivity index (χ4v) is 2.65. The van der Waals surface area contributed by atoms with Crippen LogP contribution >= 0.6 is 0 Å². The van der Waals surface area contributed by atoms with Gasteiger partial charge < -0.3 is 15.7 Å². The molecule has 2 rings (SSSR count). The quantitative estimate of drug-likeness (QED) is 0.827. The number of aliphatic hydroxyl groups excluding tert-OH is 1. The molecule has 19 heavy (non-hydrogen) atoms. The van der Waals surface area contributed by atoms with Crippen LogP contribution in [0.5, 0.6) is 0 Å². The SMILES string of the molecule is CN(CCC(N)c1cccc(F)c1)CC1CC(O)C1. The lowest BCUT2D eigenvalue weighted by atomic mass is 9.82. The molecule has 3 nitrogen and oxygen atoms in total. The Morgan fingerprint density at radius 1 is 1.47 bits per heavy atom. The zero-order chi connectivity index (χ0) is 13.8. The van der Waals surface area contributed by atoms with Crippen molar-refractivity contribution in [1.29, 1.82) is 0 Å². The Morgan fingerprint density at radius 3 is 2.84 bits per heavy atom. The molecule has 0 bridgehead atoms. The average Bonchev–Trinajstić information content (AvgIpc) is 2.34. The number of hydrogen-bond acceptors (Lipinski definition) is 3. The molecule has 1 aromatic carbocycles. The standard InChI is InChI=1S/C15H23FN2O/c1-18(10-11-7-14(19)8-11)6-5-15(17)12-3-2-4-13(16)9-12/h2-4,9,11,14-15,19H,5-8,10,17H2,1H3. The van der Waals surface area contributed by atoms with Crippen molar-refractivity contribution < 1.29 is 9.50 Å². The summed E-state index contributed by atoms with van der Waals surface area (Å²) >= 11 is 0. The van der Waals surface area contributed by atoms with E-state index in [0.717, 1.165) is 37.9 Å². The number of halogens is 1. The maximum absolute atomic E-state index is 13.1. The summed E-state index contributed by atoms with van der Waals surface area (Å²) in [5.74, 6) is 0.384. The molecule has 0 radical (unpaired) electrons. The molecular weight excluding hydrogens is 243 g/mol. The molecule has 0 aromatic heterocycles. The molecule has 106 valence electrons. The van der Waals surface area contributed by atoms with E-state index in [4.69, 9.17) is 5.73 Å². The van der Waals surface area contributed by atoms with Crippen molar-refractivity contribution in [3.8, 4) is 0 Å². The number of benzene rings is 1. The Labute approximate surface area is 114 Å². The second kappa shape index (κ2) is 6.46. The van der Waals surface area contributed by atoms with E-state index in [9.17, 15) is 9.50 Å². The summed E-state index contributed by atoms with van der Waals surface area (Å²) in [5, 5.41) is 9.25. The van der Waals surface area contributed by atoms with Crippen LogP contribution in [0, 0.1) is 11.7 Å². The van der Waals surface area contributed by atoms with Crippen LogP contribution in [0.25, 0.3) is 0 Å². The average molecular weight is 266 g/mol. The van der Waals surface area contributed by atoms with Crippen LogP contribution in [0.2, 0.25) is 0 Å². The van der Waals surface area contributed by atoms with Crippen LogP contribution in [0.4, 0.5) is 4.39 Å². The van der Waals surface area contributed by atoms with E-state index >= 15 is 0 Å². The highest BCUT2D eigenvalue weighted by molar-refractivity contribution is 5.19. The topological polar surface area (TPSA) is 49.5 Å². The molecule has 1 aromatic rings. The molecule has 3 N–H and O–H groups in total. The first kappa shape index (κ1) is 14.4. The van der Waals surface area contributed by atoms with Gasteiger partial charge in [-0.2, -0.15) is 0 Å². The van der Waals surface area contributed by atoms with Crippen LogP contribution < -0.4 is 5.73 Å². The minimum absolute atomic E-state index is 0.0899. The smallest absolute Gasteiger partial charge is 0.123 e. The van der Waals surface area contributed by atoms with Gasteiger partial charge in [-0.1, -0.05) is 12.1 Å². The minimum atomic E-state index is -0.232. The van der Waals surface area contributed by atoms with Gasteiger partial charge in [0.25, 0.3) is 0 Å². The second-order valence-corrected chi connectivity index (χ2v) is 5.70. The van der Waals surface area contributed by atoms with Crippen LogP contribution in [-0.2, 0) is 0 Å². The Hall–Kier alpha value is -0.970. The molecule has 1 saturated carbocycles. The van der Waals surface area contributed by atoms with E-state index in [1.165, 1.54) is 12.1 Å². The molecule has 1 aliphatic carbocycles. The largest absolute Gasteiger partial charge is 0.393 e. The fraction of sp³-hybridized carbons (Fsp3) is 0.600. The van der Waals surface area contributed by atoms with Crippen LogP contribution in [0.3, 0.4) is 0 Å². The molecule has 0 amide bonds. The molecule has 1 unspecified atom stereocenters. The monoisotopic (exact) mass is 266 g/mol. The van der Waals surface area contributed by atoms with Crippen LogP contribution in [0.15, 0.2) is 24.3 Å². The zero-order valence-electron chi connectivity index (χ0n) is 11.4. The van der Waals surface area contributed by atoms with Gasteiger partial charge >= 0.3 is 0 Å². The molecule has 0 aliphatic heterocycles. The van der Waals surface area contributed by atoms with Gasteiger partial charge in [-0.25, -0.2) is 4.39 Å². The van der Waals surface area contributed by atoms with Gasteiger partial charge in [-0.15, -0.1) is 0 Å². The lowest BCUT2D eigenvalue weighted by molar-refractivity contribution is 0.0280. The first-order valence-corrected chi connectivity index (χ1v) is 6.92. The molecule has 0 spiro atoms. The van der Waals surface area contributed by atoms with Crippen LogP contribution in [-0.4, -0.2) is 36.2 Å². The Morgan fingerprint density at radius 2 is 2.21 bits per heavy atom. The predicted octanol–water partition coefficient (Wildman–Crippen LogP) is 1.92. The van der Waals surface area contributed by atoms with Gasteiger partial charge in [0.1, 0.15) is 5.82 Å². The molecular formula is C15H23FN2O. The molecule has 1 fully saturated rings. The molecule has 0 heterocycles. The summed E-state index contributed by atoms with van der Waals surface area (Å²) in [7, 11) is 2.07. The van der Waals surface area contributed by atoms with Gasteiger partial charge in [0.15, 0.2) is 0 Å². The highest BCUT2D eigenvalue weighted by Gasteiger charge is 2.27. The zero-order valence-corrected chi connectivity index (χ0v) is 11.4. The third-order valence-electron chi connectivity index (χ3n) is 3.88. The van der Waals surface area contributed by atoms with Gasteiger partial charge in [-0.3, -0.25) is 0 Å². The lowest BCUT2D eigenvalue weighted by Crippen LogP contribution is -2.37. The predicted molar refractivity (Wildman–Crippen MR) is 74.2 cm³/mol. The first-order chi connectivity index (χ1) is 9.04. The van der Waals surface area contributed by atoms with Crippen molar-refractivity contribution in [3.05, 3.63) is 35.6 Å². The maximum Gasteiger partial charge on any atom is 0.123 e. The number of aliphatic hydroxyl groups is 1. The van der Waals surface area contributed by atoms with Gasteiger partial charge in [0, 0.05) is 12.6 Å². The Bertz CT molecular complexity index is 407. The summed E-state index contributed by atoms with van der Waals surface area (Å²) < 4.78 is 13.1. The number of rotatable bonds is 6. The van der Waals surface area contributed by atoms with Crippen molar-refractivity contribution in [2.24, 2.45) is 11.7 Å². The van der Waals surface area contributed by atoms with Crippen molar-refractivity contribution in [3.63, 3.8) is 0 Å². The fourth-order valence-electron chi connectivity index (χ4n) is 2.65. The number of nitrogens with two attached hydrogens (primary N) is 1. The van der Waals surface area contributed by atoms with Gasteiger partial charge in [0.2, 0.25) is 0 Å². The normalized spacial score (nSPS) is 24.3. The summed E-state index contributed by atoms with van der Waals surface area (Å²) in [6.07, 6.45) is 2.56. The summed E-state index contributed by atoms with van der Waals surface area (Å²) in [5.41, 5.74) is 6.93. The molecule has 1 aliphatic rings. The van der Waals surface area contributed by atoms with E-state index in [-0.39, 0.29) is 18.0 Å². The summed E-state index contributed by atoms with van der Waals surface area (Å²) in [6.45, 7) is 1.90. The van der Waals surface area contributed by atoms with E-state index in [1.54, 1.807) is 6.07 Å². The van der Waals surface area contributed by atoms with Crippen molar-refractivity contribution in [2.75, 3.05) is 20.1 Å². The van der Waals surface area contributed by atoms with E-state index in [0.29, 0.717) is 5.92 Å². The van der Waals surface area contributed by atoms with Gasteiger partial charge in [0.05, 0.1) is 6.10 Å². The highest BCUT2D eigenvalue weighted by Crippen LogP contribution is 2.27. The van der Waals surface area contributed by atoms with Crippen LogP contribution in [0.1, 0.15) is 30.9 Å².